The van der Waals surface area contributed by atoms with Gasteiger partial charge in [0.1, 0.15) is 12.2 Å². The van der Waals surface area contributed by atoms with Crippen LogP contribution >= 0.6 is 0 Å². The normalized spacial score (nSPS) is 16.9. The molecule has 2 aromatic heterocycles. The Labute approximate surface area is 139 Å². The number of nitrogens with one attached hydrogen (secondary N) is 1. The maximum Gasteiger partial charge on any atom is 0.156 e. The van der Waals surface area contributed by atoms with E-state index >= 15 is 0 Å². The maximum absolute atomic E-state index is 4.26. The molecule has 0 saturated carbocycles. The molecule has 1 aliphatic rings. The van der Waals surface area contributed by atoms with Crippen molar-refractivity contribution in [3.05, 3.63) is 48.3 Å². The van der Waals surface area contributed by atoms with Crippen LogP contribution in [0.5, 0.6) is 0 Å². The van der Waals surface area contributed by atoms with Gasteiger partial charge in [0.25, 0.3) is 0 Å². The summed E-state index contributed by atoms with van der Waals surface area (Å²) < 4.78 is 3.80. The van der Waals surface area contributed by atoms with Crippen molar-refractivity contribution in [1.29, 1.82) is 0 Å². The van der Waals surface area contributed by atoms with Gasteiger partial charge >= 0.3 is 0 Å². The maximum atomic E-state index is 4.26. The van der Waals surface area contributed by atoms with E-state index in [0.717, 1.165) is 56.1 Å². The van der Waals surface area contributed by atoms with Crippen molar-refractivity contribution < 1.29 is 0 Å². The van der Waals surface area contributed by atoms with Crippen LogP contribution in [0.3, 0.4) is 0 Å². The van der Waals surface area contributed by atoms with Gasteiger partial charge in [-0.25, -0.2) is 9.67 Å². The van der Waals surface area contributed by atoms with Gasteiger partial charge in [-0.05, 0) is 41.9 Å². The Morgan fingerprint density at radius 1 is 1.21 bits per heavy atom. The number of rotatable bonds is 6. The number of nitrogens with zero attached hydrogens (tertiary/aromatic N) is 7. The number of aromatic nitrogens is 7. The third kappa shape index (κ3) is 3.18. The summed E-state index contributed by atoms with van der Waals surface area (Å²) >= 11 is 0. The summed E-state index contributed by atoms with van der Waals surface area (Å²) in [5.41, 5.74) is 0.997. The molecule has 0 spiro atoms. The lowest BCUT2D eigenvalue weighted by Gasteiger charge is -2.23. The highest BCUT2D eigenvalue weighted by Crippen LogP contribution is 2.12. The largest absolute Gasteiger partial charge is 0.312 e. The lowest BCUT2D eigenvalue weighted by molar-refractivity contribution is 0.358. The van der Waals surface area contributed by atoms with Crippen LogP contribution in [0.4, 0.5) is 0 Å². The second-order valence-corrected chi connectivity index (χ2v) is 5.99. The molecule has 0 radical (unpaired) electrons. The zero-order chi connectivity index (χ0) is 16.2. The molecule has 124 valence electrons. The van der Waals surface area contributed by atoms with Crippen LogP contribution in [0.2, 0.25) is 0 Å². The quantitative estimate of drug-likeness (QED) is 0.675. The van der Waals surface area contributed by atoms with Crippen LogP contribution in [-0.2, 0) is 19.4 Å². The van der Waals surface area contributed by atoms with E-state index in [9.17, 15) is 0 Å². The highest BCUT2D eigenvalue weighted by Gasteiger charge is 2.19. The molecule has 24 heavy (non-hydrogen) atoms. The van der Waals surface area contributed by atoms with Crippen molar-refractivity contribution in [3.63, 3.8) is 0 Å². The van der Waals surface area contributed by atoms with Crippen molar-refractivity contribution in [2.24, 2.45) is 0 Å². The van der Waals surface area contributed by atoms with E-state index in [1.165, 1.54) is 0 Å². The Bertz CT molecular complexity index is 778. The summed E-state index contributed by atoms with van der Waals surface area (Å²) in [6, 6.07) is 10.4. The average molecular weight is 324 g/mol. The smallest absolute Gasteiger partial charge is 0.156 e. The Kier molecular flexibility index (Phi) is 4.28. The Morgan fingerprint density at radius 3 is 3.04 bits per heavy atom. The first-order chi connectivity index (χ1) is 11.9. The second-order valence-electron chi connectivity index (χ2n) is 5.99. The standard InChI is InChI=1S/C16H20N8/c1-2-5-14(6-3-1)24-16(20-21-22-24)7-4-10-17-13-8-9-15-18-12-19-23(15)11-13/h1-3,5-6,12-13,17H,4,7-11H2. The zero-order valence-corrected chi connectivity index (χ0v) is 13.4. The van der Waals surface area contributed by atoms with Gasteiger partial charge < -0.3 is 5.32 Å². The fraction of sp³-hybridized carbons (Fsp3) is 0.438. The van der Waals surface area contributed by atoms with E-state index in [4.69, 9.17) is 0 Å². The lowest BCUT2D eigenvalue weighted by atomic mass is 10.1. The van der Waals surface area contributed by atoms with Gasteiger partial charge in [-0.15, -0.1) is 5.10 Å². The van der Waals surface area contributed by atoms with E-state index in [1.807, 2.05) is 39.7 Å². The van der Waals surface area contributed by atoms with Crippen molar-refractivity contribution in [2.75, 3.05) is 6.54 Å². The predicted molar refractivity (Wildman–Crippen MR) is 87.6 cm³/mol. The van der Waals surface area contributed by atoms with Gasteiger partial charge in [0, 0.05) is 18.9 Å². The van der Waals surface area contributed by atoms with Crippen LogP contribution in [0.25, 0.3) is 5.69 Å². The van der Waals surface area contributed by atoms with Gasteiger partial charge in [-0.3, -0.25) is 0 Å². The molecule has 1 aromatic carbocycles. The van der Waals surface area contributed by atoms with Crippen LogP contribution in [0.15, 0.2) is 36.7 Å². The van der Waals surface area contributed by atoms with Crippen LogP contribution in [-0.4, -0.2) is 47.6 Å². The number of hydrogen-bond acceptors (Lipinski definition) is 6. The van der Waals surface area contributed by atoms with Crippen molar-refractivity contribution >= 4 is 0 Å². The van der Waals surface area contributed by atoms with E-state index in [1.54, 1.807) is 6.33 Å². The number of fused-ring (bicyclic) bond motifs is 1. The molecule has 0 aliphatic carbocycles. The molecule has 0 saturated heterocycles. The summed E-state index contributed by atoms with van der Waals surface area (Å²) in [5.74, 6) is 1.99. The third-order valence-electron chi connectivity index (χ3n) is 4.35. The van der Waals surface area contributed by atoms with E-state index in [0.29, 0.717) is 6.04 Å². The first-order valence-electron chi connectivity index (χ1n) is 8.33. The number of para-hydroxylation sites is 1. The Hall–Kier alpha value is -2.61. The molecule has 0 bridgehead atoms. The molecule has 8 heteroatoms. The highest BCUT2D eigenvalue weighted by molar-refractivity contribution is 5.30. The molecule has 3 aromatic rings. The summed E-state index contributed by atoms with van der Waals surface area (Å²) in [6.07, 6.45) is 5.58. The molecule has 1 atom stereocenters. The van der Waals surface area contributed by atoms with Crippen LogP contribution in [0.1, 0.15) is 24.5 Å². The molecule has 8 nitrogen and oxygen atoms in total. The molecule has 0 amide bonds. The molecule has 4 rings (SSSR count). The summed E-state index contributed by atoms with van der Waals surface area (Å²) in [7, 11) is 0. The molecular formula is C16H20N8. The topological polar surface area (TPSA) is 86.3 Å². The Morgan fingerprint density at radius 2 is 2.12 bits per heavy atom. The molecule has 0 fully saturated rings. The van der Waals surface area contributed by atoms with Gasteiger partial charge in [0.05, 0.1) is 12.2 Å². The highest BCUT2D eigenvalue weighted by atomic mass is 15.5. The molecule has 1 unspecified atom stereocenters. The monoisotopic (exact) mass is 324 g/mol. The first-order valence-corrected chi connectivity index (χ1v) is 8.33. The SMILES string of the molecule is c1ccc(-n2nnnc2CCCNC2CCc3ncnn3C2)cc1. The van der Waals surface area contributed by atoms with E-state index in [2.05, 4.69) is 30.9 Å². The fourth-order valence-corrected chi connectivity index (χ4v) is 3.09. The van der Waals surface area contributed by atoms with Crippen molar-refractivity contribution in [3.8, 4) is 5.69 Å². The molecular weight excluding hydrogens is 304 g/mol. The molecule has 1 N–H and O–H groups in total. The zero-order valence-electron chi connectivity index (χ0n) is 13.4. The minimum absolute atomic E-state index is 0.462. The van der Waals surface area contributed by atoms with Gasteiger partial charge in [-0.2, -0.15) is 9.78 Å². The fourth-order valence-electron chi connectivity index (χ4n) is 3.09. The van der Waals surface area contributed by atoms with Crippen LogP contribution < -0.4 is 5.32 Å². The number of aryl methyl sites for hydroxylation is 2. The van der Waals surface area contributed by atoms with Crippen molar-refractivity contribution in [2.45, 2.75) is 38.3 Å². The number of benzene rings is 1. The Balaban J connectivity index is 1.28. The second kappa shape index (κ2) is 6.88. The summed E-state index contributed by atoms with van der Waals surface area (Å²) in [4.78, 5) is 4.26. The summed E-state index contributed by atoms with van der Waals surface area (Å²) in [6.45, 7) is 1.84. The summed E-state index contributed by atoms with van der Waals surface area (Å²) in [5, 5.41) is 19.9. The predicted octanol–water partition coefficient (Wildman–Crippen LogP) is 0.791. The van der Waals surface area contributed by atoms with E-state index in [-0.39, 0.29) is 0 Å². The van der Waals surface area contributed by atoms with Gasteiger partial charge in [0.15, 0.2) is 5.82 Å². The number of hydrogen-bond donors (Lipinski definition) is 1. The minimum Gasteiger partial charge on any atom is -0.312 e. The van der Waals surface area contributed by atoms with Crippen molar-refractivity contribution in [1.82, 2.24) is 40.3 Å². The van der Waals surface area contributed by atoms with E-state index < -0.39 is 0 Å². The van der Waals surface area contributed by atoms with Crippen LogP contribution in [0, 0.1) is 0 Å². The molecule has 3 heterocycles. The van der Waals surface area contributed by atoms with Gasteiger partial charge in [0.2, 0.25) is 0 Å². The van der Waals surface area contributed by atoms with Gasteiger partial charge in [-0.1, -0.05) is 18.2 Å². The first kappa shape index (κ1) is 14.9. The lowest BCUT2D eigenvalue weighted by Crippen LogP contribution is -2.38. The molecule has 1 aliphatic heterocycles. The minimum atomic E-state index is 0.462. The third-order valence-corrected chi connectivity index (χ3v) is 4.35. The number of tetrazole rings is 1. The average Bonchev–Trinajstić information content (AvgIpc) is 3.28.